The van der Waals surface area contributed by atoms with Crippen molar-refractivity contribution < 1.29 is 22.0 Å². The van der Waals surface area contributed by atoms with Gasteiger partial charge in [-0.3, -0.25) is 4.79 Å². The van der Waals surface area contributed by atoms with Crippen LogP contribution in [0, 0.1) is 5.92 Å². The predicted octanol–water partition coefficient (Wildman–Crippen LogP) is 2.21. The minimum atomic E-state index is -4.66. The van der Waals surface area contributed by atoms with Crippen molar-refractivity contribution in [1.82, 2.24) is 5.32 Å². The fourth-order valence-electron chi connectivity index (χ4n) is 1.66. The summed E-state index contributed by atoms with van der Waals surface area (Å²) in [5.41, 5.74) is 5.23. The molecule has 1 aromatic carbocycles. The number of halogens is 3. The number of rotatable bonds is 6. The average Bonchev–Trinajstić information content (AvgIpc) is 2.46. The zero-order valence-electron chi connectivity index (χ0n) is 13.0. The first-order valence-electron chi connectivity index (χ1n) is 6.69. The fourth-order valence-corrected chi connectivity index (χ4v) is 2.38. The molecule has 5 nitrogen and oxygen atoms in total. The molecule has 0 heterocycles. The molecule has 0 radical (unpaired) electrons. The molecule has 3 N–H and O–H groups in total. The highest BCUT2D eigenvalue weighted by Gasteiger charge is 2.30. The maximum absolute atomic E-state index is 12.4. The monoisotopic (exact) mass is 370 g/mol. The molecule has 1 amide bonds. The molecular weight excluding hydrogens is 350 g/mol. The third-order valence-electron chi connectivity index (χ3n) is 3.78. The van der Waals surface area contributed by atoms with Gasteiger partial charge < -0.3 is 11.1 Å². The Hall–Kier alpha value is -1.25. The summed E-state index contributed by atoms with van der Waals surface area (Å²) in [6, 6.07) is 4.38. The highest BCUT2D eigenvalue weighted by molar-refractivity contribution is 7.91. The van der Waals surface area contributed by atoms with E-state index < -0.39 is 31.9 Å². The number of nitrogens with one attached hydrogen (secondary N) is 1. The number of amides is 1. The highest BCUT2D eigenvalue weighted by Crippen LogP contribution is 2.20. The summed E-state index contributed by atoms with van der Waals surface area (Å²) in [6.45, 7) is 5.84. The smallest absolute Gasteiger partial charge is 0.341 e. The average molecular weight is 371 g/mol. The van der Waals surface area contributed by atoms with Crippen LogP contribution in [-0.4, -0.2) is 32.2 Å². The van der Waals surface area contributed by atoms with Crippen LogP contribution >= 0.6 is 12.4 Å². The van der Waals surface area contributed by atoms with Crippen molar-refractivity contribution in [1.29, 1.82) is 0 Å². The molecule has 0 aliphatic carbocycles. The second-order valence-corrected chi connectivity index (χ2v) is 7.48. The van der Waals surface area contributed by atoms with Gasteiger partial charge in [0.05, 0.1) is 10.4 Å². The molecule has 23 heavy (non-hydrogen) atoms. The number of benzene rings is 1. The minimum absolute atomic E-state index is 0. The topological polar surface area (TPSA) is 89.3 Å². The minimum Gasteiger partial charge on any atom is -0.345 e. The second kappa shape index (κ2) is 8.03. The van der Waals surface area contributed by atoms with E-state index in [1.54, 1.807) is 6.92 Å². The molecule has 0 fully saturated rings. The summed E-state index contributed by atoms with van der Waals surface area (Å²) in [6.07, 6.45) is 0. The van der Waals surface area contributed by atoms with Crippen molar-refractivity contribution in [2.24, 2.45) is 11.7 Å². The van der Waals surface area contributed by atoms with Gasteiger partial charge in [-0.15, -0.1) is 12.4 Å². The van der Waals surface area contributed by atoms with Crippen LogP contribution in [0.25, 0.3) is 0 Å². The number of hydrogen-bond donors (Lipinski definition) is 2. The molecule has 1 atom stereocenters. The van der Waals surface area contributed by atoms with Gasteiger partial charge in [0.1, 0.15) is 0 Å². The van der Waals surface area contributed by atoms with Gasteiger partial charge in [-0.1, -0.05) is 13.8 Å². The number of sulfone groups is 1. The van der Waals surface area contributed by atoms with Crippen molar-refractivity contribution in [3.63, 3.8) is 0 Å². The van der Waals surface area contributed by atoms with Crippen LogP contribution in [0.2, 0.25) is 0 Å². The lowest BCUT2D eigenvalue weighted by Crippen LogP contribution is -2.55. The number of alkyl halides is 2. The Kier molecular flexibility index (Phi) is 7.59. The van der Waals surface area contributed by atoms with Crippen LogP contribution in [0.3, 0.4) is 0 Å². The summed E-state index contributed by atoms with van der Waals surface area (Å²) in [5.74, 6) is -3.85. The van der Waals surface area contributed by atoms with Crippen LogP contribution < -0.4 is 11.1 Å². The largest absolute Gasteiger partial charge is 0.345 e. The van der Waals surface area contributed by atoms with Gasteiger partial charge in [0.2, 0.25) is 9.84 Å². The number of nitrogens with two attached hydrogens (primary N) is 1. The first kappa shape index (κ1) is 21.8. The molecule has 9 heteroatoms. The predicted molar refractivity (Wildman–Crippen MR) is 86.6 cm³/mol. The molecule has 0 aromatic heterocycles. The summed E-state index contributed by atoms with van der Waals surface area (Å²) in [4.78, 5) is 11.6. The van der Waals surface area contributed by atoms with Gasteiger partial charge in [-0.2, -0.15) is 8.78 Å². The Morgan fingerprint density at radius 1 is 1.26 bits per heavy atom. The number of hydrogen-bond acceptors (Lipinski definition) is 4. The van der Waals surface area contributed by atoms with E-state index in [2.05, 4.69) is 5.32 Å². The van der Waals surface area contributed by atoms with Gasteiger partial charge in [0, 0.05) is 12.1 Å². The Balaban J connectivity index is 0.00000484. The third-order valence-corrected chi connectivity index (χ3v) is 5.18. The zero-order chi connectivity index (χ0) is 17.1. The van der Waals surface area contributed by atoms with Crippen molar-refractivity contribution in [3.05, 3.63) is 29.8 Å². The first-order chi connectivity index (χ1) is 10.0. The molecule has 0 bridgehead atoms. The van der Waals surface area contributed by atoms with E-state index in [9.17, 15) is 22.0 Å². The molecule has 0 saturated carbocycles. The lowest BCUT2D eigenvalue weighted by molar-refractivity contribution is 0.0883. The van der Waals surface area contributed by atoms with Crippen LogP contribution in [0.1, 0.15) is 31.1 Å². The normalized spacial score (nSPS) is 14.3. The first-order valence-corrected chi connectivity index (χ1v) is 8.24. The number of carbonyl (C=O) groups is 1. The molecule has 1 unspecified atom stereocenters. The quantitative estimate of drug-likeness (QED) is 0.803. The molecule has 132 valence electrons. The van der Waals surface area contributed by atoms with E-state index in [1.807, 2.05) is 13.8 Å². The Bertz CT molecular complexity index is 636. The number of carbonyl (C=O) groups excluding carboxylic acids is 1. The standard InChI is InChI=1S/C14H20F2N2O3S.ClH/c1-9(2)14(3,8-17)18-12(19)10-4-6-11(7-5-10)22(20,21)13(15)16;/h4-7,9,13H,8,17H2,1-3H3,(H,18,19);1H. The maximum Gasteiger partial charge on any atom is 0.341 e. The van der Waals surface area contributed by atoms with Crippen LogP contribution in [0.15, 0.2) is 29.2 Å². The molecule has 0 spiro atoms. The van der Waals surface area contributed by atoms with E-state index >= 15 is 0 Å². The van der Waals surface area contributed by atoms with E-state index in [0.29, 0.717) is 0 Å². The Morgan fingerprint density at radius 2 is 1.74 bits per heavy atom. The molecule has 0 saturated heterocycles. The van der Waals surface area contributed by atoms with Gasteiger partial charge in [-0.25, -0.2) is 8.42 Å². The molecule has 1 rings (SSSR count). The Labute approximate surface area is 141 Å². The lowest BCUT2D eigenvalue weighted by atomic mass is 9.88. The molecule has 0 aliphatic heterocycles. The van der Waals surface area contributed by atoms with Crippen molar-refractivity contribution in [2.75, 3.05) is 6.54 Å². The van der Waals surface area contributed by atoms with Crippen molar-refractivity contribution in [2.45, 2.75) is 37.0 Å². The van der Waals surface area contributed by atoms with Crippen LogP contribution in [0.5, 0.6) is 0 Å². The zero-order valence-corrected chi connectivity index (χ0v) is 14.7. The molecule has 1 aromatic rings. The van der Waals surface area contributed by atoms with Gasteiger partial charge in [-0.05, 0) is 37.1 Å². The van der Waals surface area contributed by atoms with Crippen molar-refractivity contribution in [3.8, 4) is 0 Å². The van der Waals surface area contributed by atoms with Crippen molar-refractivity contribution >= 4 is 28.2 Å². The fraction of sp³-hybridized carbons (Fsp3) is 0.500. The summed E-state index contributed by atoms with van der Waals surface area (Å²) in [5, 5.41) is 2.78. The molecular formula is C14H21ClF2N2O3S. The summed E-state index contributed by atoms with van der Waals surface area (Å²) < 4.78 is 47.5. The van der Waals surface area contributed by atoms with E-state index in [0.717, 1.165) is 12.1 Å². The molecule has 0 aliphatic rings. The van der Waals surface area contributed by atoms with Gasteiger partial charge in [0.25, 0.3) is 5.91 Å². The second-order valence-electron chi connectivity index (χ2n) is 5.56. The van der Waals surface area contributed by atoms with E-state index in [1.165, 1.54) is 12.1 Å². The maximum atomic E-state index is 12.4. The van der Waals surface area contributed by atoms with E-state index in [4.69, 9.17) is 5.73 Å². The third kappa shape index (κ3) is 4.86. The van der Waals surface area contributed by atoms with E-state index in [-0.39, 0.29) is 30.4 Å². The summed E-state index contributed by atoms with van der Waals surface area (Å²) >= 11 is 0. The van der Waals surface area contributed by atoms with Crippen LogP contribution in [-0.2, 0) is 9.84 Å². The Morgan fingerprint density at radius 3 is 2.09 bits per heavy atom. The van der Waals surface area contributed by atoms with Crippen LogP contribution in [0.4, 0.5) is 8.78 Å². The lowest BCUT2D eigenvalue weighted by Gasteiger charge is -2.33. The highest BCUT2D eigenvalue weighted by atomic mass is 35.5. The van der Waals surface area contributed by atoms with Gasteiger partial charge >= 0.3 is 5.76 Å². The van der Waals surface area contributed by atoms with Gasteiger partial charge in [0.15, 0.2) is 0 Å². The SMILES string of the molecule is CC(C)C(C)(CN)NC(=O)c1ccc(S(=O)(=O)C(F)F)cc1.Cl. The summed E-state index contributed by atoms with van der Waals surface area (Å²) in [7, 11) is -4.66.